The van der Waals surface area contributed by atoms with Crippen LogP contribution in [0.25, 0.3) is 0 Å². The van der Waals surface area contributed by atoms with E-state index in [-0.39, 0.29) is 58.7 Å². The largest absolute Gasteiger partial charge is 0.463 e. The van der Waals surface area contributed by atoms with Crippen molar-refractivity contribution in [3.63, 3.8) is 0 Å². The maximum atomic E-state index is 12.5. The number of unbranched alkanes of at least 4 members (excludes halogenated alkanes) is 3. The van der Waals surface area contributed by atoms with Gasteiger partial charge in [0.05, 0.1) is 32.5 Å². The molecule has 1 fully saturated rings. The molecule has 1 rings (SSSR count). The normalized spacial score (nSPS) is 17.4. The van der Waals surface area contributed by atoms with Crippen molar-refractivity contribution >= 4 is 35.8 Å². The number of hydrogen-bond donors (Lipinski definition) is 0. The van der Waals surface area contributed by atoms with Gasteiger partial charge in [-0.1, -0.05) is 19.7 Å². The Labute approximate surface area is 251 Å². The molecule has 0 aromatic carbocycles. The Morgan fingerprint density at radius 3 is 1.44 bits per heavy atom. The van der Waals surface area contributed by atoms with Crippen LogP contribution in [0.2, 0.25) is 0 Å². The Balaban J connectivity index is 2.55. The van der Waals surface area contributed by atoms with Gasteiger partial charge in [-0.05, 0) is 38.5 Å². The molecule has 3 atom stereocenters. The van der Waals surface area contributed by atoms with E-state index < -0.39 is 54.1 Å². The van der Waals surface area contributed by atoms with Crippen molar-refractivity contribution in [2.45, 2.75) is 82.5 Å². The lowest BCUT2D eigenvalue weighted by Crippen LogP contribution is -2.47. The van der Waals surface area contributed by atoms with Gasteiger partial charge in [-0.3, -0.25) is 14.4 Å². The highest BCUT2D eigenvalue weighted by Gasteiger charge is 2.37. The molecule has 1 heterocycles. The van der Waals surface area contributed by atoms with Crippen LogP contribution in [0.5, 0.6) is 0 Å². The van der Waals surface area contributed by atoms with Crippen LogP contribution in [0.3, 0.4) is 0 Å². The molecular weight excluding hydrogens is 568 g/mol. The summed E-state index contributed by atoms with van der Waals surface area (Å²) in [4.78, 5) is 70.3. The van der Waals surface area contributed by atoms with Gasteiger partial charge in [-0.2, -0.15) is 0 Å². The summed E-state index contributed by atoms with van der Waals surface area (Å²) in [5.41, 5.74) is 0. The smallest absolute Gasteiger partial charge is 0.330 e. The van der Waals surface area contributed by atoms with Gasteiger partial charge in [0.1, 0.15) is 12.7 Å². The molecule has 0 bridgehead atoms. The number of hydrogen-bond acceptors (Lipinski definition) is 13. The Morgan fingerprint density at radius 2 is 1.00 bits per heavy atom. The number of rotatable bonds is 22. The fourth-order valence-corrected chi connectivity index (χ4v) is 3.69. The Kier molecular flexibility index (Phi) is 19.4. The summed E-state index contributed by atoms with van der Waals surface area (Å²) >= 11 is 0. The van der Waals surface area contributed by atoms with Crippen molar-refractivity contribution < 1.29 is 61.9 Å². The molecule has 13 nitrogen and oxygen atoms in total. The molecule has 0 aromatic rings. The van der Waals surface area contributed by atoms with E-state index in [4.69, 9.17) is 33.2 Å². The second-order valence-corrected chi connectivity index (χ2v) is 9.42. The van der Waals surface area contributed by atoms with Crippen molar-refractivity contribution in [3.8, 4) is 0 Å². The van der Waals surface area contributed by atoms with E-state index in [2.05, 4.69) is 19.7 Å². The number of carbonyl (C=O) groups excluding carboxylic acids is 6. The highest BCUT2D eigenvalue weighted by atomic mass is 16.6. The van der Waals surface area contributed by atoms with E-state index in [0.29, 0.717) is 38.5 Å². The molecule has 1 unspecified atom stereocenters. The van der Waals surface area contributed by atoms with Crippen molar-refractivity contribution in [1.82, 2.24) is 0 Å². The highest BCUT2D eigenvalue weighted by Crippen LogP contribution is 2.22. The summed E-state index contributed by atoms with van der Waals surface area (Å²) in [5.74, 6) is -3.14. The third-order valence-corrected chi connectivity index (χ3v) is 5.96. The topological polar surface area (TPSA) is 167 Å². The van der Waals surface area contributed by atoms with Gasteiger partial charge in [0.15, 0.2) is 6.10 Å². The van der Waals surface area contributed by atoms with Gasteiger partial charge in [-0.15, -0.1) is 0 Å². The van der Waals surface area contributed by atoms with Crippen LogP contribution < -0.4 is 0 Å². The van der Waals surface area contributed by atoms with Gasteiger partial charge in [-0.25, -0.2) is 14.4 Å². The summed E-state index contributed by atoms with van der Waals surface area (Å²) in [7, 11) is 0. The zero-order valence-electron chi connectivity index (χ0n) is 24.5. The van der Waals surface area contributed by atoms with Crippen molar-refractivity contribution in [2.24, 2.45) is 0 Å². The Hall–Kier alpha value is -4.00. The first kappa shape index (κ1) is 37.0. The van der Waals surface area contributed by atoms with Gasteiger partial charge in [0.25, 0.3) is 0 Å². The Bertz CT molecular complexity index is 958. The van der Waals surface area contributed by atoms with Crippen LogP contribution in [-0.4, -0.2) is 87.2 Å². The van der Waals surface area contributed by atoms with E-state index >= 15 is 0 Å². The maximum Gasteiger partial charge on any atom is 0.330 e. The average molecular weight is 611 g/mol. The van der Waals surface area contributed by atoms with Crippen molar-refractivity contribution in [3.05, 3.63) is 38.0 Å². The van der Waals surface area contributed by atoms with E-state index in [1.54, 1.807) is 0 Å². The van der Waals surface area contributed by atoms with E-state index in [1.807, 2.05) is 0 Å². The monoisotopic (exact) mass is 610 g/mol. The predicted octanol–water partition coefficient (Wildman–Crippen LogP) is 2.84. The second kappa shape index (κ2) is 22.6. The molecule has 0 N–H and O–H groups in total. The summed E-state index contributed by atoms with van der Waals surface area (Å²) in [6.45, 7) is 10.2. The van der Waals surface area contributed by atoms with Crippen LogP contribution in [0.15, 0.2) is 38.0 Å². The molecule has 240 valence electrons. The van der Waals surface area contributed by atoms with Crippen LogP contribution >= 0.6 is 0 Å². The maximum absolute atomic E-state index is 12.5. The number of esters is 6. The molecule has 0 radical (unpaired) electrons. The van der Waals surface area contributed by atoms with Crippen molar-refractivity contribution in [2.75, 3.05) is 33.0 Å². The molecule has 0 aliphatic carbocycles. The molecule has 0 saturated carbocycles. The van der Waals surface area contributed by atoms with Gasteiger partial charge in [0.2, 0.25) is 0 Å². The Morgan fingerprint density at radius 1 is 0.581 bits per heavy atom. The van der Waals surface area contributed by atoms with Crippen LogP contribution in [0.4, 0.5) is 0 Å². The van der Waals surface area contributed by atoms with Gasteiger partial charge >= 0.3 is 35.8 Å². The molecular formula is C30H42O13. The lowest BCUT2D eigenvalue weighted by Gasteiger charge is -2.35. The number of carbonyl (C=O) groups is 6. The summed E-state index contributed by atoms with van der Waals surface area (Å²) < 4.78 is 36.8. The van der Waals surface area contributed by atoms with Crippen LogP contribution in [0.1, 0.15) is 64.2 Å². The third-order valence-electron chi connectivity index (χ3n) is 5.96. The fraction of sp³-hybridized carbons (Fsp3) is 0.600. The van der Waals surface area contributed by atoms with Crippen LogP contribution in [-0.2, 0) is 61.9 Å². The summed E-state index contributed by atoms with van der Waals surface area (Å²) in [6.07, 6.45) is 3.86. The fourth-order valence-electron chi connectivity index (χ4n) is 3.69. The van der Waals surface area contributed by atoms with Crippen LogP contribution in [0, 0.1) is 0 Å². The first-order valence-corrected chi connectivity index (χ1v) is 14.2. The lowest BCUT2D eigenvalue weighted by molar-refractivity contribution is -0.194. The lowest BCUT2D eigenvalue weighted by atomic mass is 10.0. The summed E-state index contributed by atoms with van der Waals surface area (Å²) in [6, 6.07) is 0. The summed E-state index contributed by atoms with van der Waals surface area (Å²) in [5, 5.41) is 0. The first-order valence-electron chi connectivity index (χ1n) is 14.2. The molecule has 1 saturated heterocycles. The SMILES string of the molecule is C=CC(=O)OCCCCC(=O)OCC1C[C@H](OC(=O)CCCCOC(=O)C=C)[C@H](OC(=O)CCCCOC(=O)C=C)CO1. The van der Waals surface area contributed by atoms with E-state index in [0.717, 1.165) is 18.2 Å². The minimum atomic E-state index is -0.867. The molecule has 0 aromatic heterocycles. The minimum absolute atomic E-state index is 0.0505. The molecule has 0 spiro atoms. The van der Waals surface area contributed by atoms with Crippen molar-refractivity contribution in [1.29, 1.82) is 0 Å². The van der Waals surface area contributed by atoms with Gasteiger partial charge < -0.3 is 33.2 Å². The highest BCUT2D eigenvalue weighted by molar-refractivity contribution is 5.81. The second-order valence-electron chi connectivity index (χ2n) is 9.42. The molecule has 1 aliphatic heterocycles. The molecule has 0 amide bonds. The van der Waals surface area contributed by atoms with Gasteiger partial charge in [0, 0.05) is 43.9 Å². The van der Waals surface area contributed by atoms with E-state index in [9.17, 15) is 28.8 Å². The predicted molar refractivity (Wildman–Crippen MR) is 150 cm³/mol. The number of ether oxygens (including phenoxy) is 7. The quantitative estimate of drug-likeness (QED) is 0.0760. The molecule has 43 heavy (non-hydrogen) atoms. The minimum Gasteiger partial charge on any atom is -0.463 e. The first-order chi connectivity index (χ1) is 20.7. The van der Waals surface area contributed by atoms with E-state index in [1.165, 1.54) is 0 Å². The average Bonchev–Trinajstić information content (AvgIpc) is 2.99. The molecule has 1 aliphatic rings. The zero-order chi connectivity index (χ0) is 31.9. The molecule has 13 heteroatoms. The zero-order valence-corrected chi connectivity index (χ0v) is 24.5. The standard InChI is InChI=1S/C30H42O13/c1-4-25(31)37-16-10-7-13-28(34)41-20-22-19-23(42-29(35)14-8-11-17-38-26(32)5-2)24(21-40-22)43-30(36)15-9-12-18-39-27(33)6-3/h4-6,22-24H,1-3,7-21H2/t22?,23-,24+/m0/s1. The third kappa shape index (κ3) is 18.2.